The van der Waals surface area contributed by atoms with Crippen LogP contribution in [-0.2, 0) is 10.0 Å². The average Bonchev–Trinajstić information content (AvgIpc) is 2.47. The Labute approximate surface area is 135 Å². The van der Waals surface area contributed by atoms with Crippen molar-refractivity contribution in [2.24, 2.45) is 5.92 Å². The van der Waals surface area contributed by atoms with Crippen molar-refractivity contribution in [2.75, 3.05) is 12.4 Å². The number of rotatable bonds is 5. The second kappa shape index (κ2) is 7.07. The van der Waals surface area contributed by atoms with Crippen molar-refractivity contribution in [1.82, 2.24) is 9.71 Å². The number of aromatic nitrogens is 1. The second-order valence-corrected chi connectivity index (χ2v) is 8.11. The molecule has 0 radical (unpaired) electrons. The maximum Gasteiger partial charge on any atom is 0.244 e. The van der Waals surface area contributed by atoms with Gasteiger partial charge in [-0.05, 0) is 40.8 Å². The Bertz CT molecular complexity index is 592. The summed E-state index contributed by atoms with van der Waals surface area (Å²) in [6, 6.07) is 1.61. The Morgan fingerprint density at radius 2 is 2.19 bits per heavy atom. The van der Waals surface area contributed by atoms with Gasteiger partial charge in [-0.3, -0.25) is 0 Å². The van der Waals surface area contributed by atoms with E-state index in [1.807, 2.05) is 0 Å². The number of hydrogen-bond donors (Lipinski definition) is 2. The Kier molecular flexibility index (Phi) is 5.62. The minimum atomic E-state index is -3.56. The maximum absolute atomic E-state index is 12.6. The average molecular weight is 376 g/mol. The van der Waals surface area contributed by atoms with Crippen LogP contribution in [0, 0.1) is 5.92 Å². The van der Waals surface area contributed by atoms with E-state index in [0.717, 1.165) is 25.7 Å². The molecule has 0 amide bonds. The third kappa shape index (κ3) is 4.17. The fraction of sp³-hybridized carbons (Fsp3) is 0.643. The topological polar surface area (TPSA) is 71.1 Å². The first-order valence-electron chi connectivity index (χ1n) is 7.32. The van der Waals surface area contributed by atoms with E-state index in [1.54, 1.807) is 19.3 Å². The van der Waals surface area contributed by atoms with Crippen LogP contribution in [0.5, 0.6) is 0 Å². The van der Waals surface area contributed by atoms with E-state index in [-0.39, 0.29) is 10.9 Å². The summed E-state index contributed by atoms with van der Waals surface area (Å²) < 4.78 is 28.7. The van der Waals surface area contributed by atoms with Gasteiger partial charge in [0, 0.05) is 23.8 Å². The van der Waals surface area contributed by atoms with E-state index in [0.29, 0.717) is 16.2 Å². The van der Waals surface area contributed by atoms with Gasteiger partial charge >= 0.3 is 0 Å². The highest BCUT2D eigenvalue weighted by Crippen LogP contribution is 2.29. The van der Waals surface area contributed by atoms with Gasteiger partial charge in [0.25, 0.3) is 0 Å². The lowest BCUT2D eigenvalue weighted by atomic mass is 9.85. The summed E-state index contributed by atoms with van der Waals surface area (Å²) in [6.45, 7) is 2.17. The fourth-order valence-corrected chi connectivity index (χ4v) is 4.82. The highest BCUT2D eigenvalue weighted by atomic mass is 79.9. The zero-order valence-corrected chi connectivity index (χ0v) is 14.8. The highest BCUT2D eigenvalue weighted by molar-refractivity contribution is 9.10. The predicted molar refractivity (Wildman–Crippen MR) is 87.8 cm³/mol. The van der Waals surface area contributed by atoms with Crippen molar-refractivity contribution in [3.05, 3.63) is 16.7 Å². The SMILES string of the molecule is CCC1CCCC(NS(=O)(=O)c2cc(Br)cnc2NC)C1. The van der Waals surface area contributed by atoms with E-state index < -0.39 is 10.0 Å². The molecule has 2 unspecified atom stereocenters. The standard InChI is InChI=1S/C14H22BrN3O2S/c1-3-10-5-4-6-12(7-10)18-21(19,20)13-8-11(15)9-17-14(13)16-2/h8-10,12,18H,3-7H2,1-2H3,(H,16,17). The second-order valence-electron chi connectivity index (χ2n) is 5.51. The monoisotopic (exact) mass is 375 g/mol. The molecule has 21 heavy (non-hydrogen) atoms. The van der Waals surface area contributed by atoms with Gasteiger partial charge in [0.05, 0.1) is 0 Å². The lowest BCUT2D eigenvalue weighted by molar-refractivity contribution is 0.301. The van der Waals surface area contributed by atoms with E-state index in [2.05, 4.69) is 37.9 Å². The van der Waals surface area contributed by atoms with Gasteiger partial charge in [-0.25, -0.2) is 18.1 Å². The molecule has 2 atom stereocenters. The van der Waals surface area contributed by atoms with Crippen LogP contribution in [0.15, 0.2) is 21.6 Å². The number of anilines is 1. The fourth-order valence-electron chi connectivity index (χ4n) is 2.87. The molecule has 1 aliphatic carbocycles. The summed E-state index contributed by atoms with van der Waals surface area (Å²) >= 11 is 3.28. The summed E-state index contributed by atoms with van der Waals surface area (Å²) in [4.78, 5) is 4.30. The molecule has 0 aromatic carbocycles. The third-order valence-corrected chi connectivity index (χ3v) is 6.00. The van der Waals surface area contributed by atoms with Crippen LogP contribution >= 0.6 is 15.9 Å². The smallest absolute Gasteiger partial charge is 0.244 e. The van der Waals surface area contributed by atoms with E-state index in [1.165, 1.54) is 6.42 Å². The Morgan fingerprint density at radius 3 is 2.86 bits per heavy atom. The molecule has 1 aliphatic rings. The zero-order chi connectivity index (χ0) is 15.5. The van der Waals surface area contributed by atoms with Crippen LogP contribution in [0.2, 0.25) is 0 Å². The van der Waals surface area contributed by atoms with Crippen LogP contribution in [0.25, 0.3) is 0 Å². The first kappa shape index (κ1) is 16.7. The lowest BCUT2D eigenvalue weighted by Gasteiger charge is -2.29. The molecule has 0 aliphatic heterocycles. The molecule has 7 heteroatoms. The molecule has 0 saturated heterocycles. The number of halogens is 1. The molecule has 1 fully saturated rings. The van der Waals surface area contributed by atoms with Crippen molar-refractivity contribution in [2.45, 2.75) is 50.0 Å². The minimum Gasteiger partial charge on any atom is -0.372 e. The van der Waals surface area contributed by atoms with Gasteiger partial charge in [-0.15, -0.1) is 0 Å². The minimum absolute atomic E-state index is 0.0254. The molecule has 2 N–H and O–H groups in total. The van der Waals surface area contributed by atoms with Crippen LogP contribution in [0.1, 0.15) is 39.0 Å². The molecule has 0 spiro atoms. The first-order valence-corrected chi connectivity index (χ1v) is 9.59. The van der Waals surface area contributed by atoms with Gasteiger partial charge in [-0.1, -0.05) is 26.2 Å². The Balaban J connectivity index is 2.20. The van der Waals surface area contributed by atoms with E-state index in [4.69, 9.17) is 0 Å². The summed E-state index contributed by atoms with van der Waals surface area (Å²) in [5.41, 5.74) is 0. The van der Waals surface area contributed by atoms with Gasteiger partial charge in [0.2, 0.25) is 10.0 Å². The highest BCUT2D eigenvalue weighted by Gasteiger charge is 2.27. The summed E-state index contributed by atoms with van der Waals surface area (Å²) in [5, 5.41) is 2.83. The molecule has 1 aromatic rings. The van der Waals surface area contributed by atoms with Crippen molar-refractivity contribution in [1.29, 1.82) is 0 Å². The van der Waals surface area contributed by atoms with E-state index >= 15 is 0 Å². The van der Waals surface area contributed by atoms with Gasteiger partial charge in [0.1, 0.15) is 10.7 Å². The summed E-state index contributed by atoms with van der Waals surface area (Å²) in [6.07, 6.45) is 6.81. The Morgan fingerprint density at radius 1 is 1.43 bits per heavy atom. The van der Waals surface area contributed by atoms with Crippen molar-refractivity contribution >= 4 is 31.8 Å². The number of nitrogens with one attached hydrogen (secondary N) is 2. The van der Waals surface area contributed by atoms with Gasteiger partial charge in [-0.2, -0.15) is 0 Å². The summed E-state index contributed by atoms with van der Waals surface area (Å²) in [5.74, 6) is 0.990. The van der Waals surface area contributed by atoms with Crippen LogP contribution in [0.4, 0.5) is 5.82 Å². The molecule has 5 nitrogen and oxygen atoms in total. The van der Waals surface area contributed by atoms with Crippen LogP contribution in [-0.4, -0.2) is 26.5 Å². The molecule has 0 bridgehead atoms. The normalized spacial score (nSPS) is 23.0. The number of hydrogen-bond acceptors (Lipinski definition) is 4. The number of sulfonamides is 1. The maximum atomic E-state index is 12.6. The first-order chi connectivity index (χ1) is 9.96. The number of nitrogens with zero attached hydrogens (tertiary/aromatic N) is 1. The molecule has 2 rings (SSSR count). The van der Waals surface area contributed by atoms with Gasteiger partial charge in [0.15, 0.2) is 0 Å². The largest absolute Gasteiger partial charge is 0.372 e. The van der Waals surface area contributed by atoms with Gasteiger partial charge < -0.3 is 5.32 Å². The van der Waals surface area contributed by atoms with Crippen molar-refractivity contribution in [3.8, 4) is 0 Å². The zero-order valence-electron chi connectivity index (χ0n) is 12.4. The quantitative estimate of drug-likeness (QED) is 0.828. The molecule has 1 heterocycles. The van der Waals surface area contributed by atoms with Crippen LogP contribution < -0.4 is 10.0 Å². The molecule has 1 aromatic heterocycles. The summed E-state index contributed by atoms with van der Waals surface area (Å²) in [7, 11) is -1.89. The van der Waals surface area contributed by atoms with E-state index in [9.17, 15) is 8.42 Å². The predicted octanol–water partition coefficient (Wildman–Crippen LogP) is 3.13. The van der Waals surface area contributed by atoms with Crippen molar-refractivity contribution < 1.29 is 8.42 Å². The Hall–Kier alpha value is -0.660. The lowest BCUT2D eigenvalue weighted by Crippen LogP contribution is -2.38. The molecular formula is C14H22BrN3O2S. The third-order valence-electron chi connectivity index (χ3n) is 4.03. The molecule has 118 valence electrons. The van der Waals surface area contributed by atoms with Crippen LogP contribution in [0.3, 0.4) is 0 Å². The number of pyridine rings is 1. The molecule has 1 saturated carbocycles. The molecular weight excluding hydrogens is 354 g/mol. The van der Waals surface area contributed by atoms with Crippen molar-refractivity contribution in [3.63, 3.8) is 0 Å².